The van der Waals surface area contributed by atoms with Crippen molar-refractivity contribution in [2.45, 2.75) is 19.8 Å². The van der Waals surface area contributed by atoms with Crippen molar-refractivity contribution in [1.82, 2.24) is 0 Å². The highest BCUT2D eigenvalue weighted by Crippen LogP contribution is 2.17. The summed E-state index contributed by atoms with van der Waals surface area (Å²) in [6.07, 6.45) is 0. The fraction of sp³-hybridized carbons (Fsp3) is 0.500. The molecule has 0 N–H and O–H groups in total. The van der Waals surface area contributed by atoms with Crippen LogP contribution < -0.4 is 4.06 Å². The molecule has 0 aliphatic carbocycles. The summed E-state index contributed by atoms with van der Waals surface area (Å²) in [7, 11) is 0. The lowest BCUT2D eigenvalue weighted by Gasteiger charge is -1.94. The van der Waals surface area contributed by atoms with Crippen LogP contribution in [0, 0.1) is 0 Å². The highest BCUT2D eigenvalue weighted by Gasteiger charge is 2.00. The van der Waals surface area contributed by atoms with Crippen LogP contribution in [-0.4, -0.2) is 0 Å². The summed E-state index contributed by atoms with van der Waals surface area (Å²) >= 11 is 2.65. The summed E-state index contributed by atoms with van der Waals surface area (Å²) in [5.74, 6) is 0.508. The first-order chi connectivity index (χ1) is 4.20. The van der Waals surface area contributed by atoms with Crippen LogP contribution in [0.3, 0.4) is 0 Å². The van der Waals surface area contributed by atoms with E-state index >= 15 is 0 Å². The van der Waals surface area contributed by atoms with Gasteiger partial charge in [0.15, 0.2) is 0 Å². The van der Waals surface area contributed by atoms with Crippen molar-refractivity contribution < 1.29 is 0 Å². The molecule has 0 bridgehead atoms. The van der Waals surface area contributed by atoms with Gasteiger partial charge in [0.1, 0.15) is 0 Å². The predicted molar refractivity (Wildman–Crippen MR) is 42.6 cm³/mol. The molecule has 1 rings (SSSR count). The Kier molecular flexibility index (Phi) is 2.03. The second kappa shape index (κ2) is 2.62. The number of hydrogen-bond donors (Lipinski definition) is 0. The van der Waals surface area contributed by atoms with E-state index in [2.05, 4.69) is 13.8 Å². The Bertz CT molecular complexity index is 233. The molecule has 0 fully saturated rings. The quantitative estimate of drug-likeness (QED) is 0.616. The summed E-state index contributed by atoms with van der Waals surface area (Å²) in [6.45, 7) is 4.19. The van der Waals surface area contributed by atoms with Gasteiger partial charge in [-0.05, 0) is 5.92 Å². The van der Waals surface area contributed by atoms with Crippen LogP contribution >= 0.6 is 22.7 Å². The van der Waals surface area contributed by atoms with E-state index in [0.717, 1.165) is 0 Å². The van der Waals surface area contributed by atoms with Crippen molar-refractivity contribution in [2.75, 3.05) is 0 Å². The van der Waals surface area contributed by atoms with Crippen LogP contribution in [0.25, 0.3) is 0 Å². The Morgan fingerprint density at radius 3 is 2.44 bits per heavy atom. The largest absolute Gasteiger partial charge is 0.287 e. The molecule has 0 unspecified atom stereocenters. The lowest BCUT2D eigenvalue weighted by Crippen LogP contribution is -1.80. The van der Waals surface area contributed by atoms with E-state index in [1.165, 1.54) is 27.6 Å². The number of rotatable bonds is 1. The van der Waals surface area contributed by atoms with Crippen molar-refractivity contribution >= 4 is 22.7 Å². The Hall–Kier alpha value is -0.150. The minimum Gasteiger partial charge on any atom is -0.265 e. The summed E-state index contributed by atoms with van der Waals surface area (Å²) in [4.78, 5) is 11.8. The van der Waals surface area contributed by atoms with Gasteiger partial charge in [-0.3, -0.25) is 4.79 Å². The minimum absolute atomic E-state index is 0.207. The zero-order valence-corrected chi connectivity index (χ0v) is 7.01. The van der Waals surface area contributed by atoms with Crippen molar-refractivity contribution in [1.29, 1.82) is 0 Å². The summed E-state index contributed by atoms with van der Waals surface area (Å²) in [6, 6.07) is 0. The molecule has 9 heavy (non-hydrogen) atoms. The highest BCUT2D eigenvalue weighted by atomic mass is 32.2. The van der Waals surface area contributed by atoms with E-state index in [1.807, 2.05) is 5.38 Å². The third-order valence-corrected chi connectivity index (χ3v) is 3.29. The standard InChI is InChI=1S/C6H8OS2/c1-4(2)5-3-8-6(7)9-5/h3-4H,1-2H3. The minimum atomic E-state index is 0.207. The van der Waals surface area contributed by atoms with Gasteiger partial charge in [-0.25, -0.2) is 0 Å². The molecule has 1 aromatic rings. The predicted octanol–water partition coefficient (Wildman–Crippen LogP) is 2.29. The Labute approximate surface area is 62.0 Å². The monoisotopic (exact) mass is 160 g/mol. The second-order valence-electron chi connectivity index (χ2n) is 2.14. The van der Waals surface area contributed by atoms with Crippen LogP contribution in [0.5, 0.6) is 0 Å². The molecule has 3 heteroatoms. The van der Waals surface area contributed by atoms with E-state index in [-0.39, 0.29) is 4.06 Å². The van der Waals surface area contributed by atoms with Gasteiger partial charge in [0, 0.05) is 10.3 Å². The first kappa shape index (κ1) is 6.96. The van der Waals surface area contributed by atoms with Crippen LogP contribution in [0.1, 0.15) is 24.6 Å². The maximum absolute atomic E-state index is 10.6. The SMILES string of the molecule is CC(C)c1csc(=O)s1. The number of hydrogen-bond acceptors (Lipinski definition) is 3. The summed E-state index contributed by atoms with van der Waals surface area (Å²) in [5, 5.41) is 1.94. The molecule has 0 radical (unpaired) electrons. The average molecular weight is 160 g/mol. The Balaban J connectivity index is 2.98. The van der Waals surface area contributed by atoms with Gasteiger partial charge in [-0.2, -0.15) is 0 Å². The fourth-order valence-corrected chi connectivity index (χ4v) is 2.38. The maximum Gasteiger partial charge on any atom is 0.287 e. The topological polar surface area (TPSA) is 17.1 Å². The molecule has 0 aromatic carbocycles. The zero-order chi connectivity index (χ0) is 6.85. The molecule has 0 saturated heterocycles. The summed E-state index contributed by atoms with van der Waals surface area (Å²) < 4.78 is 0.207. The second-order valence-corrected chi connectivity index (χ2v) is 4.29. The van der Waals surface area contributed by atoms with E-state index in [4.69, 9.17) is 0 Å². The van der Waals surface area contributed by atoms with Gasteiger partial charge in [-0.1, -0.05) is 36.5 Å². The maximum atomic E-state index is 10.6. The molecule has 0 aliphatic rings. The normalized spacial score (nSPS) is 10.6. The third-order valence-electron chi connectivity index (χ3n) is 1.04. The van der Waals surface area contributed by atoms with E-state index in [0.29, 0.717) is 5.92 Å². The average Bonchev–Trinajstić information content (AvgIpc) is 2.14. The summed E-state index contributed by atoms with van der Waals surface area (Å²) in [5.41, 5.74) is 0. The molecule has 0 aliphatic heterocycles. The van der Waals surface area contributed by atoms with Crippen LogP contribution in [-0.2, 0) is 0 Å². The smallest absolute Gasteiger partial charge is 0.265 e. The van der Waals surface area contributed by atoms with Crippen molar-refractivity contribution in [3.05, 3.63) is 19.1 Å². The molecular weight excluding hydrogens is 152 g/mol. The Morgan fingerprint density at radius 2 is 2.22 bits per heavy atom. The first-order valence-corrected chi connectivity index (χ1v) is 4.48. The lowest BCUT2D eigenvalue weighted by molar-refractivity contribution is 0.891. The lowest BCUT2D eigenvalue weighted by atomic mass is 10.2. The molecular formula is C6H8OS2. The molecule has 0 atom stereocenters. The first-order valence-electron chi connectivity index (χ1n) is 2.78. The molecule has 0 spiro atoms. The van der Waals surface area contributed by atoms with E-state index < -0.39 is 0 Å². The van der Waals surface area contributed by atoms with Crippen LogP contribution in [0.4, 0.5) is 0 Å². The van der Waals surface area contributed by atoms with Crippen molar-refractivity contribution in [3.63, 3.8) is 0 Å². The van der Waals surface area contributed by atoms with Crippen molar-refractivity contribution in [3.8, 4) is 0 Å². The van der Waals surface area contributed by atoms with Gasteiger partial charge in [0.25, 0.3) is 4.06 Å². The molecule has 1 nitrogen and oxygen atoms in total. The highest BCUT2D eigenvalue weighted by molar-refractivity contribution is 7.26. The fourth-order valence-electron chi connectivity index (χ4n) is 0.504. The van der Waals surface area contributed by atoms with Gasteiger partial charge >= 0.3 is 0 Å². The molecule has 1 heterocycles. The van der Waals surface area contributed by atoms with Gasteiger partial charge in [-0.15, -0.1) is 0 Å². The van der Waals surface area contributed by atoms with Crippen LogP contribution in [0.2, 0.25) is 0 Å². The third kappa shape index (κ3) is 1.63. The van der Waals surface area contributed by atoms with Gasteiger partial charge < -0.3 is 0 Å². The van der Waals surface area contributed by atoms with E-state index in [1.54, 1.807) is 0 Å². The van der Waals surface area contributed by atoms with Gasteiger partial charge in [0.2, 0.25) is 0 Å². The Morgan fingerprint density at radius 1 is 1.56 bits per heavy atom. The van der Waals surface area contributed by atoms with E-state index in [9.17, 15) is 4.79 Å². The van der Waals surface area contributed by atoms with Crippen molar-refractivity contribution in [2.24, 2.45) is 0 Å². The molecule has 1 aromatic heterocycles. The molecule has 0 amide bonds. The van der Waals surface area contributed by atoms with Gasteiger partial charge in [0.05, 0.1) is 0 Å². The molecule has 0 saturated carbocycles. The van der Waals surface area contributed by atoms with Crippen LogP contribution in [0.15, 0.2) is 10.2 Å². The zero-order valence-electron chi connectivity index (χ0n) is 5.38. The molecule has 50 valence electrons.